The third-order valence-electron chi connectivity index (χ3n) is 4.05. The van der Waals surface area contributed by atoms with E-state index in [4.69, 9.17) is 9.97 Å². The van der Waals surface area contributed by atoms with Gasteiger partial charge in [-0.2, -0.15) is 0 Å². The van der Waals surface area contributed by atoms with Crippen LogP contribution in [-0.4, -0.2) is 21.9 Å². The minimum Gasteiger partial charge on any atom is -0.291 e. The number of thiazole rings is 2. The SMILES string of the molecule is C[C@@H](c1nc2ccccc2s1)N(C)Cc1nc2ccccc2s1. The van der Waals surface area contributed by atoms with Gasteiger partial charge in [0.05, 0.1) is 33.0 Å². The lowest BCUT2D eigenvalue weighted by Gasteiger charge is -2.21. The maximum Gasteiger partial charge on any atom is 0.111 e. The average Bonchev–Trinajstić information content (AvgIpc) is 3.16. The van der Waals surface area contributed by atoms with Crippen LogP contribution in [0.3, 0.4) is 0 Å². The molecule has 0 N–H and O–H groups in total. The van der Waals surface area contributed by atoms with Gasteiger partial charge in [0.1, 0.15) is 10.0 Å². The summed E-state index contributed by atoms with van der Waals surface area (Å²) in [5.41, 5.74) is 2.18. The fourth-order valence-corrected chi connectivity index (χ4v) is 4.71. The van der Waals surface area contributed by atoms with Gasteiger partial charge in [-0.15, -0.1) is 22.7 Å². The zero-order valence-corrected chi connectivity index (χ0v) is 14.7. The summed E-state index contributed by atoms with van der Waals surface area (Å²) in [5, 5.41) is 2.32. The Morgan fingerprint density at radius 1 is 0.913 bits per heavy atom. The van der Waals surface area contributed by atoms with Crippen LogP contribution in [0.4, 0.5) is 0 Å². The molecule has 1 atom stereocenters. The van der Waals surface area contributed by atoms with Crippen molar-refractivity contribution in [3.63, 3.8) is 0 Å². The van der Waals surface area contributed by atoms with Crippen LogP contribution in [0.2, 0.25) is 0 Å². The van der Waals surface area contributed by atoms with Gasteiger partial charge in [0, 0.05) is 0 Å². The van der Waals surface area contributed by atoms with E-state index >= 15 is 0 Å². The highest BCUT2D eigenvalue weighted by Crippen LogP contribution is 2.30. The van der Waals surface area contributed by atoms with Gasteiger partial charge in [-0.25, -0.2) is 9.97 Å². The van der Waals surface area contributed by atoms with Crippen molar-refractivity contribution in [3.05, 3.63) is 58.5 Å². The van der Waals surface area contributed by atoms with Gasteiger partial charge >= 0.3 is 0 Å². The van der Waals surface area contributed by atoms with E-state index in [-0.39, 0.29) is 6.04 Å². The van der Waals surface area contributed by atoms with Crippen LogP contribution in [0.5, 0.6) is 0 Å². The van der Waals surface area contributed by atoms with Crippen LogP contribution in [0.1, 0.15) is 23.0 Å². The molecule has 0 saturated carbocycles. The van der Waals surface area contributed by atoms with E-state index in [1.807, 2.05) is 12.1 Å². The van der Waals surface area contributed by atoms with Crippen LogP contribution in [-0.2, 0) is 6.54 Å². The summed E-state index contributed by atoms with van der Waals surface area (Å²) in [4.78, 5) is 11.8. The van der Waals surface area contributed by atoms with Crippen molar-refractivity contribution >= 4 is 43.1 Å². The summed E-state index contributed by atoms with van der Waals surface area (Å²) in [6.07, 6.45) is 0. The molecule has 116 valence electrons. The Morgan fingerprint density at radius 2 is 1.52 bits per heavy atom. The molecule has 2 heterocycles. The second-order valence-electron chi connectivity index (χ2n) is 5.69. The van der Waals surface area contributed by atoms with Crippen LogP contribution < -0.4 is 0 Å². The first-order chi connectivity index (χ1) is 11.2. The number of nitrogens with zero attached hydrogens (tertiary/aromatic N) is 3. The minimum absolute atomic E-state index is 0.277. The van der Waals surface area contributed by atoms with E-state index in [1.165, 1.54) is 9.40 Å². The van der Waals surface area contributed by atoms with Crippen molar-refractivity contribution in [2.45, 2.75) is 19.5 Å². The molecule has 0 bridgehead atoms. The topological polar surface area (TPSA) is 29.0 Å². The summed E-state index contributed by atoms with van der Waals surface area (Å²) >= 11 is 3.55. The lowest BCUT2D eigenvalue weighted by molar-refractivity contribution is 0.252. The van der Waals surface area contributed by atoms with Crippen molar-refractivity contribution in [2.75, 3.05) is 7.05 Å². The molecule has 3 nitrogen and oxygen atoms in total. The number of aromatic nitrogens is 2. The molecular formula is C18H17N3S2. The van der Waals surface area contributed by atoms with Crippen molar-refractivity contribution in [1.29, 1.82) is 0 Å². The maximum absolute atomic E-state index is 4.78. The summed E-state index contributed by atoms with van der Waals surface area (Å²) in [5.74, 6) is 0. The van der Waals surface area contributed by atoms with E-state index in [1.54, 1.807) is 22.7 Å². The smallest absolute Gasteiger partial charge is 0.111 e. The summed E-state index contributed by atoms with van der Waals surface area (Å²) in [6, 6.07) is 16.9. The molecule has 2 aromatic heterocycles. The van der Waals surface area contributed by atoms with Crippen LogP contribution in [0.15, 0.2) is 48.5 Å². The predicted molar refractivity (Wildman–Crippen MR) is 99.1 cm³/mol. The molecular weight excluding hydrogens is 322 g/mol. The largest absolute Gasteiger partial charge is 0.291 e. The zero-order valence-electron chi connectivity index (χ0n) is 13.1. The summed E-state index contributed by atoms with van der Waals surface area (Å²) in [7, 11) is 2.14. The number of benzene rings is 2. The van der Waals surface area contributed by atoms with Crippen molar-refractivity contribution in [1.82, 2.24) is 14.9 Å². The van der Waals surface area contributed by atoms with Crippen LogP contribution >= 0.6 is 22.7 Å². The van der Waals surface area contributed by atoms with Crippen LogP contribution in [0, 0.1) is 0 Å². The van der Waals surface area contributed by atoms with Crippen LogP contribution in [0.25, 0.3) is 20.4 Å². The third kappa shape index (κ3) is 2.87. The Kier molecular flexibility index (Phi) is 3.85. The Bertz CT molecular complexity index is 891. The van der Waals surface area contributed by atoms with E-state index in [2.05, 4.69) is 55.3 Å². The molecule has 0 amide bonds. The number of rotatable bonds is 4. The minimum atomic E-state index is 0.277. The number of fused-ring (bicyclic) bond motifs is 2. The number of para-hydroxylation sites is 2. The standard InChI is InChI=1S/C18H17N3S2/c1-12(18-20-14-8-4-6-10-16(14)23-18)21(2)11-17-19-13-7-3-5-9-15(13)22-17/h3-10,12H,11H2,1-2H3/t12-/m0/s1. The lowest BCUT2D eigenvalue weighted by atomic mass is 10.3. The van der Waals surface area contributed by atoms with Crippen molar-refractivity contribution < 1.29 is 0 Å². The molecule has 0 radical (unpaired) electrons. The molecule has 0 aliphatic carbocycles. The number of hydrogen-bond donors (Lipinski definition) is 0. The van der Waals surface area contributed by atoms with Gasteiger partial charge in [0.2, 0.25) is 0 Å². The lowest BCUT2D eigenvalue weighted by Crippen LogP contribution is -2.21. The Balaban J connectivity index is 1.56. The van der Waals surface area contributed by atoms with E-state index in [0.29, 0.717) is 0 Å². The summed E-state index contributed by atoms with van der Waals surface area (Å²) < 4.78 is 2.51. The first-order valence-corrected chi connectivity index (χ1v) is 9.24. The molecule has 5 heteroatoms. The second kappa shape index (κ2) is 6.00. The molecule has 23 heavy (non-hydrogen) atoms. The Labute approximate surface area is 143 Å². The Morgan fingerprint density at radius 3 is 2.17 bits per heavy atom. The van der Waals surface area contributed by atoms with E-state index in [0.717, 1.165) is 27.6 Å². The first kappa shape index (κ1) is 14.8. The molecule has 0 aliphatic heterocycles. The van der Waals surface area contributed by atoms with Gasteiger partial charge in [-0.1, -0.05) is 24.3 Å². The van der Waals surface area contributed by atoms with E-state index < -0.39 is 0 Å². The van der Waals surface area contributed by atoms with Crippen molar-refractivity contribution in [2.24, 2.45) is 0 Å². The molecule has 0 saturated heterocycles. The number of hydrogen-bond acceptors (Lipinski definition) is 5. The quantitative estimate of drug-likeness (QED) is 0.518. The highest BCUT2D eigenvalue weighted by molar-refractivity contribution is 7.19. The average molecular weight is 339 g/mol. The molecule has 0 aliphatic rings. The first-order valence-electron chi connectivity index (χ1n) is 7.61. The highest BCUT2D eigenvalue weighted by Gasteiger charge is 2.17. The van der Waals surface area contributed by atoms with Crippen molar-refractivity contribution in [3.8, 4) is 0 Å². The predicted octanol–water partition coefficient (Wildman–Crippen LogP) is 5.10. The van der Waals surface area contributed by atoms with Gasteiger partial charge in [-0.05, 0) is 38.2 Å². The highest BCUT2D eigenvalue weighted by atomic mass is 32.1. The molecule has 4 aromatic rings. The monoisotopic (exact) mass is 339 g/mol. The fourth-order valence-electron chi connectivity index (χ4n) is 2.60. The maximum atomic E-state index is 4.78. The van der Waals surface area contributed by atoms with Gasteiger partial charge in [-0.3, -0.25) is 4.90 Å². The zero-order chi connectivity index (χ0) is 15.8. The third-order valence-corrected chi connectivity index (χ3v) is 6.28. The van der Waals surface area contributed by atoms with Gasteiger partial charge < -0.3 is 0 Å². The Hall–Kier alpha value is -1.82. The second-order valence-corrected chi connectivity index (χ2v) is 7.86. The molecule has 2 aromatic carbocycles. The summed E-state index contributed by atoms with van der Waals surface area (Å²) in [6.45, 7) is 3.06. The van der Waals surface area contributed by atoms with Gasteiger partial charge in [0.15, 0.2) is 0 Å². The van der Waals surface area contributed by atoms with Gasteiger partial charge in [0.25, 0.3) is 0 Å². The molecule has 0 spiro atoms. The molecule has 0 fully saturated rings. The van der Waals surface area contributed by atoms with E-state index in [9.17, 15) is 0 Å². The normalized spacial score (nSPS) is 13.2. The molecule has 0 unspecified atom stereocenters. The fraction of sp³-hybridized carbons (Fsp3) is 0.222. The molecule has 4 rings (SSSR count).